The molecule has 2 heterocycles. The van der Waals surface area contributed by atoms with Crippen molar-refractivity contribution in [2.45, 2.75) is 32.6 Å². The molecule has 0 amide bonds. The first kappa shape index (κ1) is 13.8. The third kappa shape index (κ3) is 3.12. The van der Waals surface area contributed by atoms with E-state index in [4.69, 9.17) is 0 Å². The summed E-state index contributed by atoms with van der Waals surface area (Å²) in [7, 11) is 0. The van der Waals surface area contributed by atoms with Crippen LogP contribution in [0.25, 0.3) is 0 Å². The summed E-state index contributed by atoms with van der Waals surface area (Å²) in [4.78, 5) is 6.78. The Hall–Kier alpha value is -2.17. The maximum Gasteiger partial charge on any atom is 0.247 e. The Kier molecular flexibility index (Phi) is 3.99. The summed E-state index contributed by atoms with van der Waals surface area (Å²) in [5.41, 5.74) is 2.36. The number of anilines is 3. The molecule has 5 nitrogen and oxygen atoms in total. The van der Waals surface area contributed by atoms with Crippen molar-refractivity contribution in [3.8, 4) is 0 Å². The Morgan fingerprint density at radius 3 is 2.67 bits per heavy atom. The molecule has 1 aromatic carbocycles. The smallest absolute Gasteiger partial charge is 0.247 e. The van der Waals surface area contributed by atoms with Crippen molar-refractivity contribution in [1.29, 1.82) is 0 Å². The van der Waals surface area contributed by atoms with E-state index >= 15 is 0 Å². The molecule has 110 valence electrons. The molecule has 1 aromatic heterocycles. The number of hydrogen-bond acceptors (Lipinski definition) is 5. The molecule has 1 fully saturated rings. The molecule has 0 aliphatic carbocycles. The van der Waals surface area contributed by atoms with Gasteiger partial charge in [-0.15, -0.1) is 5.10 Å². The lowest BCUT2D eigenvalue weighted by Gasteiger charge is -2.16. The fourth-order valence-corrected chi connectivity index (χ4v) is 2.66. The van der Waals surface area contributed by atoms with E-state index in [1.807, 2.05) is 6.07 Å². The van der Waals surface area contributed by atoms with E-state index in [-0.39, 0.29) is 0 Å². The zero-order chi connectivity index (χ0) is 14.7. The molecule has 1 N–H and O–H groups in total. The normalized spacial score (nSPS) is 14.7. The zero-order valence-electron chi connectivity index (χ0n) is 12.6. The van der Waals surface area contributed by atoms with Crippen LogP contribution in [-0.2, 0) is 0 Å². The minimum absolute atomic E-state index is 0.460. The highest BCUT2D eigenvalue weighted by atomic mass is 15.3. The van der Waals surface area contributed by atoms with Crippen molar-refractivity contribution < 1.29 is 0 Å². The van der Waals surface area contributed by atoms with Gasteiger partial charge in [-0.2, -0.15) is 10.1 Å². The van der Waals surface area contributed by atoms with Crippen LogP contribution < -0.4 is 10.2 Å². The Labute approximate surface area is 125 Å². The van der Waals surface area contributed by atoms with Crippen molar-refractivity contribution >= 4 is 17.5 Å². The van der Waals surface area contributed by atoms with Crippen LogP contribution in [0.3, 0.4) is 0 Å². The van der Waals surface area contributed by atoms with E-state index < -0.39 is 0 Å². The van der Waals surface area contributed by atoms with Gasteiger partial charge in [0.2, 0.25) is 5.95 Å². The van der Waals surface area contributed by atoms with Gasteiger partial charge in [0, 0.05) is 18.8 Å². The predicted molar refractivity (Wildman–Crippen MR) is 85.1 cm³/mol. The molecule has 0 radical (unpaired) electrons. The Morgan fingerprint density at radius 2 is 1.90 bits per heavy atom. The lowest BCUT2D eigenvalue weighted by atomic mass is 10.0. The number of benzene rings is 1. The van der Waals surface area contributed by atoms with Gasteiger partial charge in [0.05, 0.1) is 6.20 Å². The second-order valence-corrected chi connectivity index (χ2v) is 5.70. The maximum absolute atomic E-state index is 4.59. The molecule has 2 aromatic rings. The number of rotatable bonds is 4. The number of nitrogens with zero attached hydrogens (tertiary/aromatic N) is 4. The van der Waals surface area contributed by atoms with Crippen molar-refractivity contribution in [3.05, 3.63) is 36.0 Å². The second-order valence-electron chi connectivity index (χ2n) is 5.70. The number of nitrogens with one attached hydrogen (secondary N) is 1. The van der Waals surface area contributed by atoms with Crippen LogP contribution >= 0.6 is 0 Å². The van der Waals surface area contributed by atoms with Gasteiger partial charge in [0.1, 0.15) is 0 Å². The van der Waals surface area contributed by atoms with Crippen LogP contribution in [0.5, 0.6) is 0 Å². The van der Waals surface area contributed by atoms with Crippen LogP contribution in [-0.4, -0.2) is 28.3 Å². The molecule has 0 atom stereocenters. The predicted octanol–water partition coefficient (Wildman–Crippen LogP) is 3.34. The number of para-hydroxylation sites is 1. The van der Waals surface area contributed by atoms with Gasteiger partial charge < -0.3 is 10.2 Å². The molecule has 0 bridgehead atoms. The van der Waals surface area contributed by atoms with Gasteiger partial charge in [0.25, 0.3) is 0 Å². The van der Waals surface area contributed by atoms with E-state index in [0.717, 1.165) is 30.5 Å². The van der Waals surface area contributed by atoms with E-state index in [9.17, 15) is 0 Å². The molecule has 0 spiro atoms. The quantitative estimate of drug-likeness (QED) is 0.932. The fourth-order valence-electron chi connectivity index (χ4n) is 2.66. The summed E-state index contributed by atoms with van der Waals surface area (Å²) < 4.78 is 0. The summed E-state index contributed by atoms with van der Waals surface area (Å²) in [6.45, 7) is 6.42. The number of hydrogen-bond donors (Lipinski definition) is 1. The van der Waals surface area contributed by atoms with Gasteiger partial charge in [-0.1, -0.05) is 32.0 Å². The van der Waals surface area contributed by atoms with Gasteiger partial charge in [0.15, 0.2) is 5.82 Å². The van der Waals surface area contributed by atoms with Gasteiger partial charge >= 0.3 is 0 Å². The average Bonchev–Trinajstić information content (AvgIpc) is 3.02. The summed E-state index contributed by atoms with van der Waals surface area (Å²) in [6.07, 6.45) is 4.09. The lowest BCUT2D eigenvalue weighted by molar-refractivity contribution is 0.850. The second kappa shape index (κ2) is 6.08. The summed E-state index contributed by atoms with van der Waals surface area (Å²) in [6, 6.07) is 8.31. The first-order valence-electron chi connectivity index (χ1n) is 7.54. The largest absolute Gasteiger partial charge is 0.339 e. The highest BCUT2D eigenvalue weighted by Gasteiger charge is 2.16. The fraction of sp³-hybridized carbons (Fsp3) is 0.438. The zero-order valence-corrected chi connectivity index (χ0v) is 12.6. The molecule has 1 aliphatic rings. The van der Waals surface area contributed by atoms with Crippen LogP contribution in [0.1, 0.15) is 38.2 Å². The highest BCUT2D eigenvalue weighted by Crippen LogP contribution is 2.26. The van der Waals surface area contributed by atoms with Crippen molar-refractivity contribution in [2.24, 2.45) is 0 Å². The molecular formula is C16H21N5. The van der Waals surface area contributed by atoms with E-state index in [1.54, 1.807) is 6.20 Å². The van der Waals surface area contributed by atoms with Gasteiger partial charge in [-0.05, 0) is 30.4 Å². The minimum Gasteiger partial charge on any atom is -0.339 e. The molecule has 1 saturated heterocycles. The van der Waals surface area contributed by atoms with Crippen molar-refractivity contribution in [3.63, 3.8) is 0 Å². The average molecular weight is 283 g/mol. The molecule has 5 heteroatoms. The topological polar surface area (TPSA) is 53.9 Å². The monoisotopic (exact) mass is 283 g/mol. The van der Waals surface area contributed by atoms with E-state index in [0.29, 0.717) is 5.92 Å². The van der Waals surface area contributed by atoms with Crippen LogP contribution in [0.2, 0.25) is 0 Å². The first-order chi connectivity index (χ1) is 10.2. The summed E-state index contributed by atoms with van der Waals surface area (Å²) >= 11 is 0. The first-order valence-corrected chi connectivity index (χ1v) is 7.54. The molecule has 0 saturated carbocycles. The standard InChI is InChI=1S/C16H21N5/c1-12(2)13-7-3-4-8-14(13)18-15-11-17-20-16(19-15)21-9-5-6-10-21/h3-4,7-8,11-12H,5-6,9-10H2,1-2H3,(H,18,19,20). The van der Waals surface area contributed by atoms with Crippen LogP contribution in [0.15, 0.2) is 30.5 Å². The molecule has 1 aliphatic heterocycles. The van der Waals surface area contributed by atoms with E-state index in [2.05, 4.69) is 57.4 Å². The summed E-state index contributed by atoms with van der Waals surface area (Å²) in [5, 5.41) is 11.6. The molecule has 0 unspecified atom stereocenters. The third-order valence-electron chi connectivity index (χ3n) is 3.78. The highest BCUT2D eigenvalue weighted by molar-refractivity contribution is 5.61. The SMILES string of the molecule is CC(C)c1ccccc1Nc1cnnc(N2CCCC2)n1. The lowest BCUT2D eigenvalue weighted by Crippen LogP contribution is -2.21. The minimum atomic E-state index is 0.460. The maximum atomic E-state index is 4.59. The third-order valence-corrected chi connectivity index (χ3v) is 3.78. The van der Waals surface area contributed by atoms with Crippen LogP contribution in [0, 0.1) is 0 Å². The van der Waals surface area contributed by atoms with Crippen molar-refractivity contribution in [1.82, 2.24) is 15.2 Å². The molecular weight excluding hydrogens is 262 g/mol. The van der Waals surface area contributed by atoms with Crippen LogP contribution in [0.4, 0.5) is 17.5 Å². The molecule has 21 heavy (non-hydrogen) atoms. The van der Waals surface area contributed by atoms with Gasteiger partial charge in [-0.25, -0.2) is 0 Å². The van der Waals surface area contributed by atoms with E-state index in [1.165, 1.54) is 18.4 Å². The van der Waals surface area contributed by atoms with Gasteiger partial charge in [-0.3, -0.25) is 0 Å². The Morgan fingerprint density at radius 1 is 1.14 bits per heavy atom. The Balaban J connectivity index is 1.83. The van der Waals surface area contributed by atoms with Crippen molar-refractivity contribution in [2.75, 3.05) is 23.3 Å². The summed E-state index contributed by atoms with van der Waals surface area (Å²) in [5.74, 6) is 1.93. The Bertz CT molecular complexity index is 605. The number of aromatic nitrogens is 3. The molecule has 3 rings (SSSR count).